The second kappa shape index (κ2) is 8.97. The first-order valence-electron chi connectivity index (χ1n) is 9.75. The smallest absolute Gasteiger partial charge is 0.254 e. The number of primary amides is 1. The van der Waals surface area contributed by atoms with E-state index in [9.17, 15) is 9.59 Å². The third-order valence-corrected chi connectivity index (χ3v) is 5.25. The summed E-state index contributed by atoms with van der Waals surface area (Å²) in [6.07, 6.45) is 4.30. The van der Waals surface area contributed by atoms with Crippen molar-refractivity contribution in [2.45, 2.75) is 18.9 Å². The van der Waals surface area contributed by atoms with E-state index in [2.05, 4.69) is 20.3 Å². The van der Waals surface area contributed by atoms with Gasteiger partial charge in [-0.3, -0.25) is 14.6 Å². The molecule has 4 aromatic rings. The van der Waals surface area contributed by atoms with Crippen molar-refractivity contribution in [1.82, 2.24) is 20.3 Å². The fourth-order valence-electron chi connectivity index (χ4n) is 3.35. The molecule has 4 rings (SSSR count). The number of rotatable bonds is 7. The zero-order valence-electron chi connectivity index (χ0n) is 16.5. The van der Waals surface area contributed by atoms with Gasteiger partial charge in [-0.2, -0.15) is 0 Å². The number of fused-ring (bicyclic) bond motifs is 1. The Morgan fingerprint density at radius 1 is 1.06 bits per heavy atom. The summed E-state index contributed by atoms with van der Waals surface area (Å²) >= 11 is 5.91. The normalized spacial score (nSPS) is 11.9. The second-order valence-corrected chi connectivity index (χ2v) is 7.55. The van der Waals surface area contributed by atoms with Crippen molar-refractivity contribution in [3.63, 3.8) is 0 Å². The van der Waals surface area contributed by atoms with Crippen LogP contribution < -0.4 is 11.1 Å². The van der Waals surface area contributed by atoms with E-state index in [1.54, 1.807) is 36.7 Å². The SMILES string of the molecule is NC(=O)[C@H](CCc1ccc(Cl)cc1)NC(=O)c1cccc2[nH]c(-c3ccncc3)nc12. The van der Waals surface area contributed by atoms with Gasteiger partial charge in [0.1, 0.15) is 17.4 Å². The number of aromatic amines is 1. The Hall–Kier alpha value is -3.71. The van der Waals surface area contributed by atoms with E-state index in [1.165, 1.54) is 0 Å². The summed E-state index contributed by atoms with van der Waals surface area (Å²) in [6, 6.07) is 15.5. The molecule has 0 unspecified atom stereocenters. The quantitative estimate of drug-likeness (QED) is 0.414. The number of halogens is 1. The number of hydrogen-bond donors (Lipinski definition) is 3. The molecule has 0 aliphatic carbocycles. The predicted molar refractivity (Wildman–Crippen MR) is 120 cm³/mol. The van der Waals surface area contributed by atoms with E-state index in [1.807, 2.05) is 30.3 Å². The van der Waals surface area contributed by atoms with Crippen LogP contribution in [0.15, 0.2) is 67.0 Å². The molecule has 0 aliphatic heterocycles. The molecule has 1 atom stereocenters. The van der Waals surface area contributed by atoms with Gasteiger partial charge in [0.05, 0.1) is 11.1 Å². The van der Waals surface area contributed by atoms with Gasteiger partial charge in [-0.05, 0) is 54.8 Å². The maximum absolute atomic E-state index is 13.0. The van der Waals surface area contributed by atoms with Gasteiger partial charge in [0, 0.05) is 23.0 Å². The Morgan fingerprint density at radius 2 is 1.81 bits per heavy atom. The van der Waals surface area contributed by atoms with Gasteiger partial charge >= 0.3 is 0 Å². The van der Waals surface area contributed by atoms with Crippen molar-refractivity contribution in [2.75, 3.05) is 0 Å². The molecule has 4 N–H and O–H groups in total. The molecule has 2 aromatic carbocycles. The highest BCUT2D eigenvalue weighted by Gasteiger charge is 2.21. The summed E-state index contributed by atoms with van der Waals surface area (Å²) in [5, 5.41) is 3.39. The van der Waals surface area contributed by atoms with E-state index < -0.39 is 17.9 Å². The van der Waals surface area contributed by atoms with E-state index in [-0.39, 0.29) is 0 Å². The Kier molecular flexibility index (Phi) is 5.95. The lowest BCUT2D eigenvalue weighted by atomic mass is 10.0. The Morgan fingerprint density at radius 3 is 2.52 bits per heavy atom. The van der Waals surface area contributed by atoms with E-state index >= 15 is 0 Å². The van der Waals surface area contributed by atoms with Gasteiger partial charge in [-0.1, -0.05) is 29.8 Å². The van der Waals surface area contributed by atoms with E-state index in [0.29, 0.717) is 34.8 Å². The molecule has 0 saturated carbocycles. The second-order valence-electron chi connectivity index (χ2n) is 7.12. The summed E-state index contributed by atoms with van der Waals surface area (Å²) in [6.45, 7) is 0. The van der Waals surface area contributed by atoms with Crippen LogP contribution in [0, 0.1) is 0 Å². The number of aromatic nitrogens is 3. The van der Waals surface area contributed by atoms with Gasteiger partial charge in [0.15, 0.2) is 0 Å². The summed E-state index contributed by atoms with van der Waals surface area (Å²) in [5.74, 6) is -0.362. The lowest BCUT2D eigenvalue weighted by Crippen LogP contribution is -2.44. The topological polar surface area (TPSA) is 114 Å². The number of aryl methyl sites for hydroxylation is 1. The summed E-state index contributed by atoms with van der Waals surface area (Å²) in [4.78, 5) is 36.7. The minimum atomic E-state index is -0.808. The van der Waals surface area contributed by atoms with Crippen LogP contribution >= 0.6 is 11.6 Å². The minimum absolute atomic E-state index is 0.367. The number of amides is 2. The predicted octanol–water partition coefficient (Wildman–Crippen LogP) is 3.49. The van der Waals surface area contributed by atoms with Gasteiger partial charge in [0.2, 0.25) is 5.91 Å². The molecular weight excluding hydrogens is 414 g/mol. The number of hydrogen-bond acceptors (Lipinski definition) is 4. The first-order chi connectivity index (χ1) is 15.0. The number of pyridine rings is 1. The number of carbonyl (C=O) groups excluding carboxylic acids is 2. The van der Waals surface area contributed by atoms with Gasteiger partial charge < -0.3 is 16.0 Å². The lowest BCUT2D eigenvalue weighted by molar-refractivity contribution is -0.120. The highest BCUT2D eigenvalue weighted by atomic mass is 35.5. The fraction of sp³-hybridized carbons (Fsp3) is 0.130. The van der Waals surface area contributed by atoms with Crippen molar-refractivity contribution in [1.29, 1.82) is 0 Å². The van der Waals surface area contributed by atoms with E-state index in [4.69, 9.17) is 17.3 Å². The number of carbonyl (C=O) groups is 2. The highest BCUT2D eigenvalue weighted by Crippen LogP contribution is 2.22. The third-order valence-electron chi connectivity index (χ3n) is 4.99. The molecular formula is C23H20ClN5O2. The third kappa shape index (κ3) is 4.73. The zero-order chi connectivity index (χ0) is 21.8. The lowest BCUT2D eigenvalue weighted by Gasteiger charge is -2.15. The van der Waals surface area contributed by atoms with Crippen LogP contribution in [0.25, 0.3) is 22.4 Å². The first-order valence-corrected chi connectivity index (χ1v) is 10.1. The fourth-order valence-corrected chi connectivity index (χ4v) is 3.47. The van der Waals surface area contributed by atoms with Crippen LogP contribution in [0.2, 0.25) is 5.02 Å². The molecule has 8 heteroatoms. The molecule has 0 saturated heterocycles. The number of benzene rings is 2. The number of nitrogens with one attached hydrogen (secondary N) is 2. The Bertz CT molecular complexity index is 1220. The molecule has 0 aliphatic rings. The summed E-state index contributed by atoms with van der Waals surface area (Å²) in [5.41, 5.74) is 9.01. The zero-order valence-corrected chi connectivity index (χ0v) is 17.3. The number of para-hydroxylation sites is 1. The Balaban J connectivity index is 1.54. The number of H-pyrrole nitrogens is 1. The molecule has 0 radical (unpaired) electrons. The summed E-state index contributed by atoms with van der Waals surface area (Å²) in [7, 11) is 0. The standard InChI is InChI=1S/C23H20ClN5O2/c24-16-7-4-14(5-8-16)6-9-19(21(25)30)28-23(31)17-2-1-3-18-20(17)29-22(27-18)15-10-12-26-13-11-15/h1-5,7-8,10-13,19H,6,9H2,(H2,25,30)(H,27,29)(H,28,31)/t19-/m0/s1. The van der Waals surface area contributed by atoms with Crippen molar-refractivity contribution < 1.29 is 9.59 Å². The molecule has 0 fully saturated rings. The number of nitrogens with zero attached hydrogens (tertiary/aromatic N) is 2. The molecule has 2 aromatic heterocycles. The molecule has 0 spiro atoms. The molecule has 31 heavy (non-hydrogen) atoms. The molecule has 2 amide bonds. The van der Waals surface area contributed by atoms with Crippen LogP contribution in [-0.2, 0) is 11.2 Å². The largest absolute Gasteiger partial charge is 0.368 e. The van der Waals surface area contributed by atoms with Crippen molar-refractivity contribution >= 4 is 34.4 Å². The Labute approximate surface area is 183 Å². The maximum Gasteiger partial charge on any atom is 0.254 e. The van der Waals surface area contributed by atoms with E-state index in [0.717, 1.165) is 16.6 Å². The molecule has 7 nitrogen and oxygen atoms in total. The highest BCUT2D eigenvalue weighted by molar-refractivity contribution is 6.30. The average molecular weight is 434 g/mol. The van der Waals surface area contributed by atoms with Crippen LogP contribution in [0.4, 0.5) is 0 Å². The van der Waals surface area contributed by atoms with Crippen molar-refractivity contribution in [3.8, 4) is 11.4 Å². The number of imidazole rings is 1. The van der Waals surface area contributed by atoms with Crippen LogP contribution in [0.3, 0.4) is 0 Å². The van der Waals surface area contributed by atoms with Crippen LogP contribution in [-0.4, -0.2) is 32.8 Å². The van der Waals surface area contributed by atoms with Crippen molar-refractivity contribution in [3.05, 3.63) is 83.1 Å². The van der Waals surface area contributed by atoms with Gasteiger partial charge in [-0.15, -0.1) is 0 Å². The van der Waals surface area contributed by atoms with Gasteiger partial charge in [0.25, 0.3) is 5.91 Å². The number of nitrogens with two attached hydrogens (primary N) is 1. The van der Waals surface area contributed by atoms with Crippen molar-refractivity contribution in [2.24, 2.45) is 5.73 Å². The summed E-state index contributed by atoms with van der Waals surface area (Å²) < 4.78 is 0. The van der Waals surface area contributed by atoms with Crippen LogP contribution in [0.5, 0.6) is 0 Å². The minimum Gasteiger partial charge on any atom is -0.368 e. The molecule has 0 bridgehead atoms. The first kappa shape index (κ1) is 20.6. The van der Waals surface area contributed by atoms with Gasteiger partial charge in [-0.25, -0.2) is 4.98 Å². The average Bonchev–Trinajstić information content (AvgIpc) is 3.22. The molecule has 2 heterocycles. The molecule has 156 valence electrons. The maximum atomic E-state index is 13.0. The van der Waals surface area contributed by atoms with Crippen LogP contribution in [0.1, 0.15) is 22.3 Å². The monoisotopic (exact) mass is 433 g/mol.